The van der Waals surface area contributed by atoms with E-state index >= 15 is 0 Å². The van der Waals surface area contributed by atoms with Crippen LogP contribution in [0, 0.1) is 0 Å². The molecule has 0 atom stereocenters. The van der Waals surface area contributed by atoms with Gasteiger partial charge in [0.2, 0.25) is 5.95 Å². The molecule has 0 bridgehead atoms. The van der Waals surface area contributed by atoms with Gasteiger partial charge in [-0.25, -0.2) is 9.97 Å². The molecule has 0 saturated heterocycles. The van der Waals surface area contributed by atoms with Crippen LogP contribution in [-0.4, -0.2) is 14.5 Å². The highest BCUT2D eigenvalue weighted by Crippen LogP contribution is 2.41. The van der Waals surface area contributed by atoms with Gasteiger partial charge in [-0.2, -0.15) is 0 Å². The third-order valence-corrected chi connectivity index (χ3v) is 9.57. The molecule has 2 heterocycles. The van der Waals surface area contributed by atoms with Gasteiger partial charge >= 0.3 is 0 Å². The monoisotopic (exact) mass is 597 g/mol. The summed E-state index contributed by atoms with van der Waals surface area (Å²) in [5, 5.41) is 11.0. The molecule has 0 aliphatic heterocycles. The Labute approximate surface area is 271 Å². The summed E-state index contributed by atoms with van der Waals surface area (Å²) in [6.07, 6.45) is 0. The fraction of sp³-hybridized carbons (Fsp3) is 0. The zero-order chi connectivity index (χ0) is 30.9. The highest BCUT2D eigenvalue weighted by atomic mass is 15.2. The Bertz CT molecular complexity index is 2850. The Kier molecular flexibility index (Phi) is 5.57. The second-order valence-corrected chi connectivity index (χ2v) is 12.2. The number of fused-ring (bicyclic) bond motifs is 10. The van der Waals surface area contributed by atoms with Gasteiger partial charge in [-0.15, -0.1) is 0 Å². The smallest absolute Gasteiger partial charge is 0.235 e. The molecule has 47 heavy (non-hydrogen) atoms. The van der Waals surface area contributed by atoms with Crippen LogP contribution in [0.1, 0.15) is 0 Å². The van der Waals surface area contributed by atoms with Crippen molar-refractivity contribution in [3.63, 3.8) is 0 Å². The van der Waals surface area contributed by atoms with E-state index in [1.165, 1.54) is 48.7 Å². The molecule has 218 valence electrons. The van der Waals surface area contributed by atoms with Crippen molar-refractivity contribution in [1.29, 1.82) is 0 Å². The van der Waals surface area contributed by atoms with E-state index < -0.39 is 0 Å². The summed E-state index contributed by atoms with van der Waals surface area (Å²) >= 11 is 0. The van der Waals surface area contributed by atoms with Crippen LogP contribution in [0.5, 0.6) is 0 Å². The molecule has 0 fully saturated rings. The second-order valence-electron chi connectivity index (χ2n) is 12.2. The molecule has 3 nitrogen and oxygen atoms in total. The Morgan fingerprint density at radius 1 is 0.362 bits per heavy atom. The highest BCUT2D eigenvalue weighted by Gasteiger charge is 2.19. The summed E-state index contributed by atoms with van der Waals surface area (Å²) < 4.78 is 2.24. The Morgan fingerprint density at radius 2 is 1.02 bits per heavy atom. The number of nitrogens with zero attached hydrogens (tertiary/aromatic N) is 3. The lowest BCUT2D eigenvalue weighted by Gasteiger charge is -2.13. The van der Waals surface area contributed by atoms with Crippen LogP contribution in [0.15, 0.2) is 164 Å². The zero-order valence-electron chi connectivity index (χ0n) is 25.4. The van der Waals surface area contributed by atoms with E-state index in [1.54, 1.807) is 0 Å². The Balaban J connectivity index is 1.28. The normalized spacial score (nSPS) is 11.8. The number of para-hydroxylation sites is 2. The van der Waals surface area contributed by atoms with Gasteiger partial charge in [0.25, 0.3) is 0 Å². The molecule has 10 rings (SSSR count). The third-order valence-electron chi connectivity index (χ3n) is 9.57. The molecule has 0 N–H and O–H groups in total. The predicted molar refractivity (Wildman–Crippen MR) is 197 cm³/mol. The summed E-state index contributed by atoms with van der Waals surface area (Å²) in [6, 6.07) is 58.4. The predicted octanol–water partition coefficient (Wildman–Crippen LogP) is 11.5. The molecule has 8 aromatic carbocycles. The van der Waals surface area contributed by atoms with Crippen molar-refractivity contribution in [3.05, 3.63) is 164 Å². The zero-order valence-corrected chi connectivity index (χ0v) is 25.4. The van der Waals surface area contributed by atoms with E-state index in [4.69, 9.17) is 9.97 Å². The lowest BCUT2D eigenvalue weighted by Crippen LogP contribution is -2.03. The van der Waals surface area contributed by atoms with Gasteiger partial charge < -0.3 is 0 Å². The lowest BCUT2D eigenvalue weighted by atomic mass is 9.94. The topological polar surface area (TPSA) is 30.7 Å². The fourth-order valence-electron chi connectivity index (χ4n) is 7.46. The first-order chi connectivity index (χ1) is 23.3. The number of aromatic nitrogens is 3. The summed E-state index contributed by atoms with van der Waals surface area (Å²) in [4.78, 5) is 10.6. The molecule has 0 aliphatic carbocycles. The molecular formula is C44H27N3. The molecule has 0 aliphatic rings. The Hall–Kier alpha value is -6.32. The molecule has 0 saturated carbocycles. The first kappa shape index (κ1) is 26.0. The van der Waals surface area contributed by atoms with Crippen LogP contribution >= 0.6 is 0 Å². The summed E-state index contributed by atoms with van der Waals surface area (Å²) in [7, 11) is 0. The van der Waals surface area contributed by atoms with E-state index in [0.717, 1.165) is 38.8 Å². The minimum atomic E-state index is 0.667. The van der Waals surface area contributed by atoms with Crippen molar-refractivity contribution in [3.8, 4) is 28.3 Å². The average molecular weight is 598 g/mol. The first-order valence-corrected chi connectivity index (χ1v) is 16.0. The second kappa shape index (κ2) is 10.1. The first-order valence-electron chi connectivity index (χ1n) is 16.0. The van der Waals surface area contributed by atoms with E-state index in [9.17, 15) is 0 Å². The van der Waals surface area contributed by atoms with E-state index in [1.807, 2.05) is 0 Å². The fourth-order valence-corrected chi connectivity index (χ4v) is 7.46. The van der Waals surface area contributed by atoms with Crippen molar-refractivity contribution in [2.45, 2.75) is 0 Å². The molecule has 10 aromatic rings. The van der Waals surface area contributed by atoms with Crippen LogP contribution in [-0.2, 0) is 0 Å². The summed E-state index contributed by atoms with van der Waals surface area (Å²) in [5.41, 5.74) is 7.44. The van der Waals surface area contributed by atoms with Crippen molar-refractivity contribution in [2.24, 2.45) is 0 Å². The van der Waals surface area contributed by atoms with Gasteiger partial charge in [0.05, 0.1) is 22.2 Å². The van der Waals surface area contributed by atoms with Gasteiger partial charge in [-0.05, 0) is 67.7 Å². The quantitative estimate of drug-likeness (QED) is 0.190. The van der Waals surface area contributed by atoms with E-state index in [0.29, 0.717) is 5.95 Å². The molecule has 0 amide bonds. The molecule has 0 spiro atoms. The lowest BCUT2D eigenvalue weighted by molar-refractivity contribution is 1.01. The minimum Gasteiger partial charge on any atom is -0.278 e. The van der Waals surface area contributed by atoms with E-state index in [-0.39, 0.29) is 0 Å². The number of benzene rings is 8. The maximum absolute atomic E-state index is 5.37. The molecular weight excluding hydrogens is 571 g/mol. The number of rotatable bonds is 3. The highest BCUT2D eigenvalue weighted by molar-refractivity contribution is 6.29. The van der Waals surface area contributed by atoms with Crippen LogP contribution in [0.4, 0.5) is 0 Å². The van der Waals surface area contributed by atoms with Crippen LogP contribution in [0.2, 0.25) is 0 Å². The van der Waals surface area contributed by atoms with Gasteiger partial charge in [0, 0.05) is 21.7 Å². The maximum atomic E-state index is 5.37. The Morgan fingerprint density at radius 3 is 1.94 bits per heavy atom. The third kappa shape index (κ3) is 3.93. The summed E-state index contributed by atoms with van der Waals surface area (Å²) in [5.74, 6) is 0.667. The molecule has 3 heteroatoms. The molecule has 0 unspecified atom stereocenters. The van der Waals surface area contributed by atoms with Crippen molar-refractivity contribution in [1.82, 2.24) is 14.5 Å². The van der Waals surface area contributed by atoms with Crippen molar-refractivity contribution in [2.75, 3.05) is 0 Å². The maximum Gasteiger partial charge on any atom is 0.235 e. The molecule has 2 aromatic heterocycles. The van der Waals surface area contributed by atoms with Crippen LogP contribution in [0.25, 0.3) is 93.4 Å². The van der Waals surface area contributed by atoms with Crippen molar-refractivity contribution >= 4 is 65.0 Å². The van der Waals surface area contributed by atoms with Gasteiger partial charge in [0.1, 0.15) is 0 Å². The number of hydrogen-bond acceptors (Lipinski definition) is 2. The van der Waals surface area contributed by atoms with Crippen LogP contribution < -0.4 is 0 Å². The van der Waals surface area contributed by atoms with Crippen molar-refractivity contribution < 1.29 is 0 Å². The van der Waals surface area contributed by atoms with Gasteiger partial charge in [-0.1, -0.05) is 140 Å². The van der Waals surface area contributed by atoms with Gasteiger partial charge in [0.15, 0.2) is 0 Å². The molecule has 0 radical (unpaired) electrons. The van der Waals surface area contributed by atoms with E-state index in [2.05, 4.69) is 168 Å². The summed E-state index contributed by atoms with van der Waals surface area (Å²) in [6.45, 7) is 0. The van der Waals surface area contributed by atoms with Crippen LogP contribution in [0.3, 0.4) is 0 Å². The largest absolute Gasteiger partial charge is 0.278 e. The SMILES string of the molecule is c1ccc(-c2cccc(-c3nc(-n4c5ccccc5c5c6ccc7ccc8ccccc8c7c6ccc54)nc4ccccc34)c2)cc1. The average Bonchev–Trinajstić information content (AvgIpc) is 3.49. The minimum absolute atomic E-state index is 0.667. The van der Waals surface area contributed by atoms with Gasteiger partial charge in [-0.3, -0.25) is 4.57 Å². The standard InChI is InChI=1S/C44H27N3/c1-2-11-28(12-3-1)31-14-10-15-32(27-31)43-36-17-6-8-19-38(36)45-44(46-43)47-39-20-9-7-18-37(39)42-35-24-23-30-22-21-29-13-4-5-16-33(29)41(30)34(35)25-26-40(42)47/h1-27H. The number of hydrogen-bond donors (Lipinski definition) is 0.